The molecular weight excluding hydrogens is 374 g/mol. The number of carbonyl (C=O) groups excluding carboxylic acids is 2. The first-order valence-corrected chi connectivity index (χ1v) is 10.5. The first kappa shape index (κ1) is 20.3. The topological polar surface area (TPSA) is 91.0 Å². The van der Waals surface area contributed by atoms with Gasteiger partial charge in [0.2, 0.25) is 11.8 Å². The Bertz CT molecular complexity index is 722. The fourth-order valence-corrected chi connectivity index (χ4v) is 4.38. The summed E-state index contributed by atoms with van der Waals surface area (Å²) in [5.41, 5.74) is 0.668. The van der Waals surface area contributed by atoms with E-state index in [2.05, 4.69) is 14.9 Å². The Morgan fingerprint density at radius 3 is 2.62 bits per heavy atom. The summed E-state index contributed by atoms with van der Waals surface area (Å²) >= 11 is 0. The van der Waals surface area contributed by atoms with Gasteiger partial charge in [0, 0.05) is 44.6 Å². The molecule has 4 heterocycles. The number of aromatic amines is 1. The number of likely N-dealkylation sites (tertiary alicyclic amines) is 1. The molecule has 1 spiro atoms. The normalized spacial score (nSPS) is 23.4. The summed E-state index contributed by atoms with van der Waals surface area (Å²) < 4.78 is 11.5. The van der Waals surface area contributed by atoms with Crippen LogP contribution in [0.4, 0.5) is 0 Å². The monoisotopic (exact) mass is 405 g/mol. The van der Waals surface area contributed by atoms with E-state index >= 15 is 0 Å². The summed E-state index contributed by atoms with van der Waals surface area (Å²) in [5, 5.41) is 0. The number of morpholine rings is 1. The van der Waals surface area contributed by atoms with Gasteiger partial charge < -0.3 is 24.3 Å². The molecule has 0 aromatic carbocycles. The maximum Gasteiger partial charge on any atom is 0.242 e. The van der Waals surface area contributed by atoms with Crippen LogP contribution in [-0.2, 0) is 25.6 Å². The van der Waals surface area contributed by atoms with Crippen molar-refractivity contribution >= 4 is 11.8 Å². The third-order valence-electron chi connectivity index (χ3n) is 6.18. The van der Waals surface area contributed by atoms with E-state index in [1.165, 1.54) is 0 Å². The Hall–Kier alpha value is -1.97. The van der Waals surface area contributed by atoms with Gasteiger partial charge in [-0.2, -0.15) is 0 Å². The average molecular weight is 405 g/mol. The van der Waals surface area contributed by atoms with Crippen molar-refractivity contribution < 1.29 is 19.1 Å². The molecule has 29 heavy (non-hydrogen) atoms. The van der Waals surface area contributed by atoms with Crippen LogP contribution in [0.5, 0.6) is 0 Å². The number of aromatic nitrogens is 2. The number of aryl methyl sites for hydroxylation is 1. The molecule has 0 unspecified atom stereocenters. The van der Waals surface area contributed by atoms with Crippen LogP contribution in [0.2, 0.25) is 0 Å². The predicted octanol–water partition coefficient (Wildman–Crippen LogP) is 0.160. The molecule has 4 rings (SSSR count). The molecule has 1 N–H and O–H groups in total. The maximum atomic E-state index is 12.9. The van der Waals surface area contributed by atoms with Crippen LogP contribution < -0.4 is 0 Å². The minimum atomic E-state index is -0.399. The van der Waals surface area contributed by atoms with Crippen LogP contribution in [0.25, 0.3) is 0 Å². The lowest BCUT2D eigenvalue weighted by atomic mass is 9.87. The molecule has 2 amide bonds. The molecule has 0 saturated carbocycles. The van der Waals surface area contributed by atoms with Crippen molar-refractivity contribution in [2.24, 2.45) is 0 Å². The molecule has 1 aromatic rings. The summed E-state index contributed by atoms with van der Waals surface area (Å²) in [5.74, 6) is 1.00. The molecular formula is C20H31N5O4. The van der Waals surface area contributed by atoms with Crippen molar-refractivity contribution in [1.29, 1.82) is 0 Å². The van der Waals surface area contributed by atoms with Gasteiger partial charge in [0.15, 0.2) is 0 Å². The summed E-state index contributed by atoms with van der Waals surface area (Å²) in [6.07, 6.45) is 3.85. The van der Waals surface area contributed by atoms with E-state index in [0.29, 0.717) is 45.9 Å². The fourth-order valence-electron chi connectivity index (χ4n) is 4.38. The Morgan fingerprint density at radius 2 is 1.93 bits per heavy atom. The highest BCUT2D eigenvalue weighted by Crippen LogP contribution is 2.32. The zero-order chi connectivity index (χ0) is 20.3. The Morgan fingerprint density at radius 1 is 1.17 bits per heavy atom. The van der Waals surface area contributed by atoms with E-state index in [9.17, 15) is 9.59 Å². The van der Waals surface area contributed by atoms with Crippen LogP contribution in [-0.4, -0.2) is 101 Å². The van der Waals surface area contributed by atoms with E-state index < -0.39 is 5.60 Å². The number of H-pyrrole nitrogens is 1. The molecule has 3 aliphatic heterocycles. The maximum absolute atomic E-state index is 12.9. The molecule has 3 aliphatic rings. The van der Waals surface area contributed by atoms with Crippen LogP contribution in [0, 0.1) is 6.92 Å². The van der Waals surface area contributed by atoms with Crippen molar-refractivity contribution in [3.05, 3.63) is 17.7 Å². The van der Waals surface area contributed by atoms with Crippen LogP contribution in [0.3, 0.4) is 0 Å². The van der Waals surface area contributed by atoms with Gasteiger partial charge >= 0.3 is 0 Å². The van der Waals surface area contributed by atoms with E-state index in [4.69, 9.17) is 9.47 Å². The van der Waals surface area contributed by atoms with Gasteiger partial charge in [-0.25, -0.2) is 4.98 Å². The quantitative estimate of drug-likeness (QED) is 0.768. The van der Waals surface area contributed by atoms with Gasteiger partial charge in [-0.15, -0.1) is 0 Å². The van der Waals surface area contributed by atoms with E-state index in [1.807, 2.05) is 13.1 Å². The molecule has 1 aromatic heterocycles. The number of carbonyl (C=O) groups is 2. The molecule has 160 valence electrons. The van der Waals surface area contributed by atoms with E-state index in [0.717, 1.165) is 44.0 Å². The molecule has 0 atom stereocenters. The molecule has 0 bridgehead atoms. The number of imidazole rings is 1. The number of nitrogens with zero attached hydrogens (tertiary/aromatic N) is 4. The zero-order valence-electron chi connectivity index (χ0n) is 17.2. The number of ether oxygens (including phenoxy) is 2. The number of rotatable bonds is 4. The summed E-state index contributed by atoms with van der Waals surface area (Å²) in [6, 6.07) is 0. The lowest BCUT2D eigenvalue weighted by Gasteiger charge is -2.40. The smallest absolute Gasteiger partial charge is 0.242 e. The van der Waals surface area contributed by atoms with Crippen molar-refractivity contribution in [1.82, 2.24) is 24.7 Å². The van der Waals surface area contributed by atoms with E-state index in [-0.39, 0.29) is 18.4 Å². The minimum absolute atomic E-state index is 0.00107. The molecule has 9 heteroatoms. The second-order valence-electron chi connectivity index (χ2n) is 8.31. The predicted molar refractivity (Wildman–Crippen MR) is 105 cm³/mol. The highest BCUT2D eigenvalue weighted by molar-refractivity contribution is 5.85. The van der Waals surface area contributed by atoms with Crippen molar-refractivity contribution in [2.75, 3.05) is 59.1 Å². The van der Waals surface area contributed by atoms with Crippen LogP contribution in [0.1, 0.15) is 30.8 Å². The third-order valence-corrected chi connectivity index (χ3v) is 6.18. The number of piperidine rings is 1. The van der Waals surface area contributed by atoms with Crippen molar-refractivity contribution in [2.45, 2.75) is 38.3 Å². The number of amides is 2. The van der Waals surface area contributed by atoms with Crippen molar-refractivity contribution in [3.8, 4) is 0 Å². The fraction of sp³-hybridized carbons (Fsp3) is 0.750. The second kappa shape index (κ2) is 8.81. The number of nitrogens with one attached hydrogen (secondary N) is 1. The van der Waals surface area contributed by atoms with Crippen LogP contribution in [0.15, 0.2) is 6.20 Å². The van der Waals surface area contributed by atoms with Gasteiger partial charge in [0.25, 0.3) is 0 Å². The summed E-state index contributed by atoms with van der Waals surface area (Å²) in [7, 11) is 0. The standard InChI is InChI=1S/C20H31N5O4/c1-16-13-21-17(22-16)14-23-4-2-20(3-5-23)12-18(26)25(8-11-29-20)15-19(27)24-6-9-28-10-7-24/h13H,2-12,14-15H2,1H3,(H,21,22). The SMILES string of the molecule is Cc1cnc(CN2CCC3(CC2)CC(=O)N(CC(=O)N2CCOCC2)CCO3)[nH]1. The first-order valence-electron chi connectivity index (χ1n) is 10.5. The lowest BCUT2D eigenvalue weighted by Crippen LogP contribution is -2.48. The first-order chi connectivity index (χ1) is 14.0. The summed E-state index contributed by atoms with van der Waals surface area (Å²) in [4.78, 5) is 38.9. The highest BCUT2D eigenvalue weighted by atomic mass is 16.5. The third kappa shape index (κ3) is 4.96. The second-order valence-corrected chi connectivity index (χ2v) is 8.31. The van der Waals surface area contributed by atoms with E-state index in [1.54, 1.807) is 9.80 Å². The number of hydrogen-bond donors (Lipinski definition) is 1. The highest BCUT2D eigenvalue weighted by Gasteiger charge is 2.41. The Kier molecular flexibility index (Phi) is 6.17. The van der Waals surface area contributed by atoms with Crippen LogP contribution >= 0.6 is 0 Å². The summed E-state index contributed by atoms with van der Waals surface area (Å²) in [6.45, 7) is 7.99. The lowest BCUT2D eigenvalue weighted by molar-refractivity contribution is -0.143. The minimum Gasteiger partial charge on any atom is -0.378 e. The molecule has 9 nitrogen and oxygen atoms in total. The number of hydrogen-bond acceptors (Lipinski definition) is 6. The molecule has 0 radical (unpaired) electrons. The van der Waals surface area contributed by atoms with Gasteiger partial charge in [-0.1, -0.05) is 0 Å². The zero-order valence-corrected chi connectivity index (χ0v) is 17.2. The molecule has 3 saturated heterocycles. The van der Waals surface area contributed by atoms with Gasteiger partial charge in [0.05, 0.1) is 44.9 Å². The van der Waals surface area contributed by atoms with Crippen molar-refractivity contribution in [3.63, 3.8) is 0 Å². The Labute approximate surface area is 171 Å². The average Bonchev–Trinajstić information content (AvgIpc) is 3.07. The molecule has 3 fully saturated rings. The Balaban J connectivity index is 1.29. The molecule has 0 aliphatic carbocycles. The van der Waals surface area contributed by atoms with Gasteiger partial charge in [0.1, 0.15) is 5.82 Å². The van der Waals surface area contributed by atoms with Gasteiger partial charge in [-0.3, -0.25) is 14.5 Å². The van der Waals surface area contributed by atoms with Gasteiger partial charge in [-0.05, 0) is 19.8 Å². The largest absolute Gasteiger partial charge is 0.378 e.